The van der Waals surface area contributed by atoms with Crippen LogP contribution in [0.5, 0.6) is 0 Å². The second-order valence-electron chi connectivity index (χ2n) is 6.95. The van der Waals surface area contributed by atoms with Crippen LogP contribution < -0.4 is 5.32 Å². The van der Waals surface area contributed by atoms with E-state index in [-0.39, 0.29) is 18.4 Å². The molecule has 2 aromatic rings. The Hall–Kier alpha value is -2.66. The van der Waals surface area contributed by atoms with Crippen molar-refractivity contribution in [2.75, 3.05) is 26.7 Å². The summed E-state index contributed by atoms with van der Waals surface area (Å²) < 4.78 is 0. The van der Waals surface area contributed by atoms with Gasteiger partial charge < -0.3 is 10.4 Å². The summed E-state index contributed by atoms with van der Waals surface area (Å²) in [6.45, 7) is 2.75. The predicted octanol–water partition coefficient (Wildman–Crippen LogP) is 2.98. The maximum Gasteiger partial charge on any atom is 0.307 e. The van der Waals surface area contributed by atoms with Crippen LogP contribution in [-0.2, 0) is 9.59 Å². The summed E-state index contributed by atoms with van der Waals surface area (Å²) in [5, 5.41) is 11.9. The number of carbonyl (C=O) groups excluding carboxylic acids is 1. The molecule has 0 aliphatic heterocycles. The minimum atomic E-state index is -0.851. The SMILES string of the molecule is CC(CN(C)CC(=O)NCCC(c1ccccc1)c1ccccc1)C(=O)O. The first-order chi connectivity index (χ1) is 13.0. The molecule has 1 atom stereocenters. The van der Waals surface area contributed by atoms with Crippen molar-refractivity contribution in [1.82, 2.24) is 10.2 Å². The Morgan fingerprint density at radius 1 is 1.00 bits per heavy atom. The number of hydrogen-bond acceptors (Lipinski definition) is 3. The highest BCUT2D eigenvalue weighted by Gasteiger charge is 2.17. The van der Waals surface area contributed by atoms with Crippen molar-refractivity contribution in [3.05, 3.63) is 71.8 Å². The van der Waals surface area contributed by atoms with Gasteiger partial charge in [0.2, 0.25) is 5.91 Å². The summed E-state index contributed by atoms with van der Waals surface area (Å²) >= 11 is 0. The maximum absolute atomic E-state index is 12.2. The van der Waals surface area contributed by atoms with E-state index in [0.717, 1.165) is 6.42 Å². The van der Waals surface area contributed by atoms with E-state index in [1.54, 1.807) is 18.9 Å². The predicted molar refractivity (Wildman–Crippen MR) is 107 cm³/mol. The van der Waals surface area contributed by atoms with Crippen LogP contribution in [0.4, 0.5) is 0 Å². The van der Waals surface area contributed by atoms with Gasteiger partial charge >= 0.3 is 5.97 Å². The highest BCUT2D eigenvalue weighted by molar-refractivity contribution is 5.78. The van der Waals surface area contributed by atoms with Crippen molar-refractivity contribution in [3.8, 4) is 0 Å². The fourth-order valence-electron chi connectivity index (χ4n) is 3.16. The number of likely N-dealkylation sites (N-methyl/N-ethyl adjacent to an activating group) is 1. The average Bonchev–Trinajstić information content (AvgIpc) is 2.66. The Kier molecular flexibility index (Phi) is 8.01. The highest BCUT2D eigenvalue weighted by Crippen LogP contribution is 2.27. The molecule has 2 aromatic carbocycles. The Morgan fingerprint density at radius 3 is 2.00 bits per heavy atom. The van der Waals surface area contributed by atoms with E-state index in [1.807, 2.05) is 36.4 Å². The van der Waals surface area contributed by atoms with Gasteiger partial charge in [0.25, 0.3) is 0 Å². The molecular formula is C22H28N2O3. The zero-order chi connectivity index (χ0) is 19.6. The van der Waals surface area contributed by atoms with Crippen molar-refractivity contribution in [3.63, 3.8) is 0 Å². The minimum absolute atomic E-state index is 0.0880. The van der Waals surface area contributed by atoms with Crippen molar-refractivity contribution >= 4 is 11.9 Å². The highest BCUT2D eigenvalue weighted by atomic mass is 16.4. The van der Waals surface area contributed by atoms with Crippen molar-refractivity contribution in [2.45, 2.75) is 19.3 Å². The molecule has 2 N–H and O–H groups in total. The lowest BCUT2D eigenvalue weighted by Crippen LogP contribution is -2.38. The molecule has 1 amide bonds. The zero-order valence-corrected chi connectivity index (χ0v) is 16.0. The van der Waals surface area contributed by atoms with Crippen LogP contribution in [0.1, 0.15) is 30.4 Å². The van der Waals surface area contributed by atoms with Gasteiger partial charge in [-0.05, 0) is 24.6 Å². The summed E-state index contributed by atoms with van der Waals surface area (Å²) in [6.07, 6.45) is 0.801. The molecule has 1 unspecified atom stereocenters. The second-order valence-corrected chi connectivity index (χ2v) is 6.95. The van der Waals surface area contributed by atoms with Gasteiger partial charge in [0, 0.05) is 19.0 Å². The number of nitrogens with one attached hydrogen (secondary N) is 1. The van der Waals surface area contributed by atoms with Gasteiger partial charge in [0.1, 0.15) is 0 Å². The first-order valence-corrected chi connectivity index (χ1v) is 9.25. The van der Waals surface area contributed by atoms with E-state index >= 15 is 0 Å². The number of carbonyl (C=O) groups is 2. The molecule has 0 spiro atoms. The number of rotatable bonds is 10. The molecule has 0 aromatic heterocycles. The summed E-state index contributed by atoms with van der Waals surface area (Å²) in [5.41, 5.74) is 2.45. The average molecular weight is 368 g/mol. The van der Waals surface area contributed by atoms with Gasteiger partial charge in [-0.1, -0.05) is 67.6 Å². The molecule has 0 aliphatic rings. The number of carboxylic acid groups (broad SMARTS) is 1. The van der Waals surface area contributed by atoms with E-state index in [1.165, 1.54) is 11.1 Å². The largest absolute Gasteiger partial charge is 0.481 e. The number of hydrogen-bond donors (Lipinski definition) is 2. The summed E-state index contributed by atoms with van der Waals surface area (Å²) in [7, 11) is 1.76. The first-order valence-electron chi connectivity index (χ1n) is 9.25. The van der Waals surface area contributed by atoms with Gasteiger partial charge in [-0.25, -0.2) is 0 Å². The maximum atomic E-state index is 12.2. The van der Waals surface area contributed by atoms with Crippen LogP contribution in [0.3, 0.4) is 0 Å². The second kappa shape index (κ2) is 10.5. The molecule has 27 heavy (non-hydrogen) atoms. The molecule has 5 nitrogen and oxygen atoms in total. The number of aliphatic carboxylic acids is 1. The molecule has 0 heterocycles. The van der Waals surface area contributed by atoms with Crippen LogP contribution in [-0.4, -0.2) is 48.6 Å². The molecule has 5 heteroatoms. The first kappa shape index (κ1) is 20.6. The number of nitrogens with zero attached hydrogens (tertiary/aromatic N) is 1. The molecule has 144 valence electrons. The van der Waals surface area contributed by atoms with Gasteiger partial charge in [0.05, 0.1) is 12.5 Å². The number of amides is 1. The summed E-state index contributed by atoms with van der Waals surface area (Å²) in [5.74, 6) is -1.22. The van der Waals surface area contributed by atoms with Crippen molar-refractivity contribution < 1.29 is 14.7 Å². The van der Waals surface area contributed by atoms with E-state index < -0.39 is 11.9 Å². The van der Waals surface area contributed by atoms with Gasteiger partial charge in [-0.3, -0.25) is 14.5 Å². The minimum Gasteiger partial charge on any atom is -0.481 e. The number of benzene rings is 2. The van der Waals surface area contributed by atoms with Crippen molar-refractivity contribution in [2.24, 2.45) is 5.92 Å². The van der Waals surface area contributed by atoms with E-state index in [9.17, 15) is 9.59 Å². The smallest absolute Gasteiger partial charge is 0.307 e. The Morgan fingerprint density at radius 2 is 1.52 bits per heavy atom. The quantitative estimate of drug-likeness (QED) is 0.676. The lowest BCUT2D eigenvalue weighted by atomic mass is 9.88. The normalized spacial score (nSPS) is 12.1. The van der Waals surface area contributed by atoms with E-state index in [4.69, 9.17) is 5.11 Å². The Balaban J connectivity index is 1.88. The summed E-state index contributed by atoms with van der Waals surface area (Å²) in [6, 6.07) is 20.6. The Labute approximate surface area is 161 Å². The monoisotopic (exact) mass is 368 g/mol. The molecule has 0 fully saturated rings. The molecule has 0 saturated carbocycles. The standard InChI is InChI=1S/C22H28N2O3/c1-17(22(26)27)15-24(2)16-21(25)23-14-13-20(18-9-5-3-6-10-18)19-11-7-4-8-12-19/h3-12,17,20H,13-16H2,1-2H3,(H,23,25)(H,26,27). The molecular weight excluding hydrogens is 340 g/mol. The third kappa shape index (κ3) is 6.87. The molecule has 2 rings (SSSR count). The third-order valence-corrected chi connectivity index (χ3v) is 4.58. The molecule has 0 saturated heterocycles. The lowest BCUT2D eigenvalue weighted by molar-refractivity contribution is -0.142. The third-order valence-electron chi connectivity index (χ3n) is 4.58. The van der Waals surface area contributed by atoms with Crippen LogP contribution in [0.25, 0.3) is 0 Å². The Bertz CT molecular complexity index is 679. The zero-order valence-electron chi connectivity index (χ0n) is 16.0. The molecule has 0 bridgehead atoms. The van der Waals surface area contributed by atoms with Gasteiger partial charge in [0.15, 0.2) is 0 Å². The summed E-state index contributed by atoms with van der Waals surface area (Å²) in [4.78, 5) is 24.8. The fourth-order valence-corrected chi connectivity index (χ4v) is 3.16. The van der Waals surface area contributed by atoms with E-state index in [0.29, 0.717) is 13.1 Å². The van der Waals surface area contributed by atoms with Gasteiger partial charge in [-0.2, -0.15) is 0 Å². The van der Waals surface area contributed by atoms with Crippen LogP contribution in [0, 0.1) is 5.92 Å². The van der Waals surface area contributed by atoms with E-state index in [2.05, 4.69) is 29.6 Å². The lowest BCUT2D eigenvalue weighted by Gasteiger charge is -2.20. The topological polar surface area (TPSA) is 69.6 Å². The van der Waals surface area contributed by atoms with Crippen molar-refractivity contribution in [1.29, 1.82) is 0 Å². The number of carboxylic acids is 1. The van der Waals surface area contributed by atoms with Crippen LogP contribution in [0.2, 0.25) is 0 Å². The van der Waals surface area contributed by atoms with Gasteiger partial charge in [-0.15, -0.1) is 0 Å². The van der Waals surface area contributed by atoms with Crippen LogP contribution >= 0.6 is 0 Å². The molecule has 0 radical (unpaired) electrons. The fraction of sp³-hybridized carbons (Fsp3) is 0.364. The van der Waals surface area contributed by atoms with Crippen LogP contribution in [0.15, 0.2) is 60.7 Å². The molecule has 0 aliphatic carbocycles.